The van der Waals surface area contributed by atoms with E-state index < -0.39 is 40.8 Å². The van der Waals surface area contributed by atoms with Crippen molar-refractivity contribution in [1.82, 2.24) is 0 Å². The lowest BCUT2D eigenvalue weighted by molar-refractivity contribution is -0.138. The summed E-state index contributed by atoms with van der Waals surface area (Å²) in [6.07, 6.45) is 5.07. The molecule has 0 radical (unpaired) electrons. The Morgan fingerprint density at radius 1 is 0.688 bits per heavy atom. The van der Waals surface area contributed by atoms with Crippen LogP contribution in [-0.4, -0.2) is 54.0 Å². The topological polar surface area (TPSA) is 71.1 Å². The molecule has 0 heterocycles. The second-order valence-corrected chi connectivity index (χ2v) is 20.4. The molecule has 0 rings (SSSR count). The van der Waals surface area contributed by atoms with Gasteiger partial charge in [0.1, 0.15) is 0 Å². The number of hydrogen-bond donors (Lipinski definition) is 0. The first-order chi connectivity index (χ1) is 14.4. The van der Waals surface area contributed by atoms with Gasteiger partial charge in [-0.15, -0.1) is 0 Å². The van der Waals surface area contributed by atoms with E-state index in [1.54, 1.807) is 26.0 Å². The zero-order chi connectivity index (χ0) is 25.4. The smallest absolute Gasteiger partial charge is 0.330 e. The molecule has 0 aliphatic heterocycles. The second-order valence-electron chi connectivity index (χ2n) is 10.9. The van der Waals surface area contributed by atoms with Crippen LogP contribution in [0.1, 0.15) is 55.4 Å². The Morgan fingerprint density at radius 2 is 0.969 bits per heavy atom. The van der Waals surface area contributed by atoms with Crippen molar-refractivity contribution in [3.63, 3.8) is 0 Å². The van der Waals surface area contributed by atoms with Crippen LogP contribution < -0.4 is 0 Å². The largest absolute Gasteiger partial charge is 0.463 e. The molecule has 2 atom stereocenters. The lowest BCUT2D eigenvalue weighted by Gasteiger charge is -2.43. The maximum Gasteiger partial charge on any atom is 0.330 e. The number of ether oxygens (including phenoxy) is 2. The van der Waals surface area contributed by atoms with Crippen LogP contribution in [0.15, 0.2) is 24.3 Å². The van der Waals surface area contributed by atoms with Gasteiger partial charge in [0.15, 0.2) is 16.6 Å². The maximum absolute atomic E-state index is 12.1. The molecular weight excluding hydrogens is 440 g/mol. The summed E-state index contributed by atoms with van der Waals surface area (Å²) < 4.78 is 23.5. The summed E-state index contributed by atoms with van der Waals surface area (Å²) in [5.74, 6) is -0.867. The Hall–Kier alpha value is -1.23. The first kappa shape index (κ1) is 30.8. The molecule has 0 N–H and O–H groups in total. The third-order valence-corrected chi connectivity index (χ3v) is 15.2. The van der Waals surface area contributed by atoms with Crippen molar-refractivity contribution in [1.29, 1.82) is 0 Å². The van der Waals surface area contributed by atoms with Gasteiger partial charge >= 0.3 is 11.9 Å². The fourth-order valence-corrected chi connectivity index (χ4v) is 4.69. The lowest BCUT2D eigenvalue weighted by atomic mass is 10.2. The standard InChI is InChI=1S/C24H46O6Si2/c1-13-27-21(25)17-15-19(29-31(9,10)23(3,4)5)20(16-18-22(26)28-14-2)30-32(11,12)24(6,7)8/h15-20H,13-14H2,1-12H3/b17-15+,18-16+/t19-,20+. The van der Waals surface area contributed by atoms with Crippen LogP contribution in [0.2, 0.25) is 36.3 Å². The van der Waals surface area contributed by atoms with Crippen molar-refractivity contribution in [2.75, 3.05) is 13.2 Å². The van der Waals surface area contributed by atoms with Gasteiger partial charge in [0.25, 0.3) is 0 Å². The van der Waals surface area contributed by atoms with Crippen LogP contribution in [0.4, 0.5) is 0 Å². The summed E-state index contributed by atoms with van der Waals surface area (Å²) in [7, 11) is -4.46. The molecule has 6 nitrogen and oxygen atoms in total. The van der Waals surface area contributed by atoms with E-state index >= 15 is 0 Å². The van der Waals surface area contributed by atoms with Gasteiger partial charge in [0, 0.05) is 12.2 Å². The van der Waals surface area contributed by atoms with Crippen LogP contribution in [0.3, 0.4) is 0 Å². The first-order valence-electron chi connectivity index (χ1n) is 11.4. The van der Waals surface area contributed by atoms with E-state index in [9.17, 15) is 9.59 Å². The van der Waals surface area contributed by atoms with E-state index in [0.717, 1.165) is 0 Å². The van der Waals surface area contributed by atoms with E-state index in [0.29, 0.717) is 13.2 Å². The van der Waals surface area contributed by atoms with E-state index in [1.165, 1.54) is 12.2 Å². The molecule has 0 bridgehead atoms. The molecule has 0 amide bonds. The molecule has 0 saturated carbocycles. The number of carbonyl (C=O) groups is 2. The zero-order valence-electron chi connectivity index (χ0n) is 22.3. The summed E-state index contributed by atoms with van der Waals surface area (Å²) in [5.41, 5.74) is 0. The van der Waals surface area contributed by atoms with Crippen molar-refractivity contribution < 1.29 is 27.9 Å². The van der Waals surface area contributed by atoms with Gasteiger partial charge < -0.3 is 18.3 Å². The molecule has 0 saturated heterocycles. The normalized spacial score (nSPS) is 15.8. The highest BCUT2D eigenvalue weighted by atomic mass is 28.4. The summed E-state index contributed by atoms with van der Waals surface area (Å²) in [4.78, 5) is 24.1. The molecule has 0 aromatic rings. The molecule has 0 unspecified atom stereocenters. The Bertz CT molecular complexity index is 611. The highest BCUT2D eigenvalue weighted by Gasteiger charge is 2.43. The van der Waals surface area contributed by atoms with Crippen LogP contribution in [-0.2, 0) is 27.9 Å². The third-order valence-electron chi connectivity index (χ3n) is 6.21. The lowest BCUT2D eigenvalue weighted by Crippen LogP contribution is -2.51. The maximum atomic E-state index is 12.1. The SMILES string of the molecule is CCOC(=O)/C=C/[C@H](O[Si](C)(C)C(C)(C)C)[C@@H](/C=C/C(=O)OCC)O[Si](C)(C)C(C)(C)C. The quantitative estimate of drug-likeness (QED) is 0.202. The van der Waals surface area contributed by atoms with Crippen molar-refractivity contribution >= 4 is 28.6 Å². The predicted octanol–water partition coefficient (Wildman–Crippen LogP) is 6.01. The molecule has 0 aromatic carbocycles. The van der Waals surface area contributed by atoms with Gasteiger partial charge in [0.05, 0.1) is 25.4 Å². The van der Waals surface area contributed by atoms with E-state index in [2.05, 4.69) is 67.7 Å². The van der Waals surface area contributed by atoms with Gasteiger partial charge in [-0.2, -0.15) is 0 Å². The second kappa shape index (κ2) is 12.3. The average molecular weight is 487 g/mol. The highest BCUT2D eigenvalue weighted by molar-refractivity contribution is 6.74. The highest BCUT2D eigenvalue weighted by Crippen LogP contribution is 2.40. The Labute approximate surface area is 198 Å². The monoisotopic (exact) mass is 486 g/mol. The Kier molecular flexibility index (Phi) is 11.8. The average Bonchev–Trinajstić information content (AvgIpc) is 2.60. The minimum atomic E-state index is -2.23. The number of carbonyl (C=O) groups excluding carboxylic acids is 2. The number of hydrogen-bond acceptors (Lipinski definition) is 6. The van der Waals surface area contributed by atoms with Gasteiger partial charge in [-0.3, -0.25) is 0 Å². The van der Waals surface area contributed by atoms with E-state index in [-0.39, 0.29) is 10.1 Å². The summed E-state index contributed by atoms with van der Waals surface area (Å²) >= 11 is 0. The van der Waals surface area contributed by atoms with Gasteiger partial charge in [-0.05, 0) is 62.3 Å². The molecule has 0 spiro atoms. The predicted molar refractivity (Wildman–Crippen MR) is 136 cm³/mol. The summed E-state index contributed by atoms with van der Waals surface area (Å²) in [6.45, 7) is 25.7. The molecule has 0 aliphatic carbocycles. The molecule has 0 fully saturated rings. The fourth-order valence-electron chi connectivity index (χ4n) is 2.19. The van der Waals surface area contributed by atoms with Crippen molar-refractivity contribution in [3.05, 3.63) is 24.3 Å². The zero-order valence-corrected chi connectivity index (χ0v) is 24.3. The minimum absolute atomic E-state index is 0.0462. The minimum Gasteiger partial charge on any atom is -0.463 e. The Balaban J connectivity index is 6.32. The van der Waals surface area contributed by atoms with Crippen molar-refractivity contribution in [3.8, 4) is 0 Å². The van der Waals surface area contributed by atoms with Crippen LogP contribution in [0.25, 0.3) is 0 Å². The number of esters is 2. The van der Waals surface area contributed by atoms with E-state index in [4.69, 9.17) is 18.3 Å². The molecule has 186 valence electrons. The van der Waals surface area contributed by atoms with Crippen molar-refractivity contribution in [2.24, 2.45) is 0 Å². The first-order valence-corrected chi connectivity index (χ1v) is 17.2. The van der Waals surface area contributed by atoms with Gasteiger partial charge in [-0.25, -0.2) is 9.59 Å². The van der Waals surface area contributed by atoms with Crippen LogP contribution >= 0.6 is 0 Å². The van der Waals surface area contributed by atoms with E-state index in [1.807, 2.05) is 0 Å². The number of rotatable bonds is 11. The molecule has 0 aliphatic rings. The van der Waals surface area contributed by atoms with Crippen LogP contribution in [0, 0.1) is 0 Å². The van der Waals surface area contributed by atoms with Crippen LogP contribution in [0.5, 0.6) is 0 Å². The molecular formula is C24H46O6Si2. The molecule has 0 aromatic heterocycles. The summed E-state index contributed by atoms with van der Waals surface area (Å²) in [6, 6.07) is 0. The summed E-state index contributed by atoms with van der Waals surface area (Å²) in [5, 5.41) is -0.0925. The van der Waals surface area contributed by atoms with Gasteiger partial charge in [-0.1, -0.05) is 41.5 Å². The third kappa shape index (κ3) is 10.1. The fraction of sp³-hybridized carbons (Fsp3) is 0.750. The Morgan fingerprint density at radius 3 is 1.19 bits per heavy atom. The van der Waals surface area contributed by atoms with Gasteiger partial charge in [0.2, 0.25) is 0 Å². The molecule has 8 heteroatoms. The molecule has 32 heavy (non-hydrogen) atoms. The van der Waals surface area contributed by atoms with Crippen molar-refractivity contribution in [2.45, 2.75) is 104 Å².